The Hall–Kier alpha value is -2.85. The van der Waals surface area contributed by atoms with Crippen LogP contribution in [0.1, 0.15) is 115 Å². The number of aliphatic hydroxyl groups excluding tert-OH is 1. The van der Waals surface area contributed by atoms with Crippen molar-refractivity contribution in [2.45, 2.75) is 129 Å². The normalized spacial score (nSPS) is 25.0. The van der Waals surface area contributed by atoms with Crippen LogP contribution in [-0.4, -0.2) is 90.4 Å². The quantitative estimate of drug-likeness (QED) is 0.337. The zero-order valence-corrected chi connectivity index (χ0v) is 28.6. The fraction of sp³-hybridized carbons (Fsp3) is 0.750. The fourth-order valence-corrected chi connectivity index (χ4v) is 6.96. The molecule has 2 aliphatic carbocycles. The molecule has 258 valence electrons. The number of hydrogen-bond donors (Lipinski definition) is 3. The third kappa shape index (κ3) is 10.3. The lowest BCUT2D eigenvalue weighted by atomic mass is 9.88. The van der Waals surface area contributed by atoms with Crippen molar-refractivity contribution >= 4 is 23.5 Å². The molecule has 0 radical (unpaired) electrons. The average Bonchev–Trinajstić information content (AvgIpc) is 3.06. The lowest BCUT2D eigenvalue weighted by Crippen LogP contribution is -2.50. The largest absolute Gasteiger partial charge is 0.490 e. The van der Waals surface area contributed by atoms with Crippen molar-refractivity contribution in [3.05, 3.63) is 23.8 Å². The second-order valence-corrected chi connectivity index (χ2v) is 14.0. The first-order chi connectivity index (χ1) is 22.2. The maximum Gasteiger partial charge on any atom is 0.317 e. The number of aliphatic hydroxyl groups is 1. The summed E-state index contributed by atoms with van der Waals surface area (Å²) in [6, 6.07) is 4.96. The molecule has 2 saturated carbocycles. The molecule has 10 nitrogen and oxygen atoms in total. The number of fused-ring (bicyclic) bond motifs is 1. The Bertz CT molecular complexity index is 1140. The molecule has 2 fully saturated rings. The number of carbonyl (C=O) groups is 3. The highest BCUT2D eigenvalue weighted by atomic mass is 16.5. The van der Waals surface area contributed by atoms with Crippen LogP contribution in [0.5, 0.6) is 5.75 Å². The zero-order valence-electron chi connectivity index (χ0n) is 28.6. The highest BCUT2D eigenvalue weighted by Gasteiger charge is 2.31. The molecule has 3 aliphatic rings. The molecular weight excluding hydrogens is 584 g/mol. The molecule has 3 N–H and O–H groups in total. The van der Waals surface area contributed by atoms with Crippen LogP contribution < -0.4 is 15.4 Å². The highest BCUT2D eigenvalue weighted by Crippen LogP contribution is 2.30. The van der Waals surface area contributed by atoms with E-state index in [4.69, 9.17) is 9.47 Å². The number of hydrogen-bond acceptors (Lipinski definition) is 6. The SMILES string of the molecule is C[C@@H]1CCCCO[C@H](CN(C)C(=O)NC2CCCCC2)[C@@H](C)CN([C@@H](C)CO)C(=O)c2cc(NC(=O)C3CCCCC3)ccc2O1. The Morgan fingerprint density at radius 2 is 1.67 bits per heavy atom. The fourth-order valence-electron chi connectivity index (χ4n) is 6.96. The van der Waals surface area contributed by atoms with Crippen LogP contribution in [0, 0.1) is 11.8 Å². The smallest absolute Gasteiger partial charge is 0.317 e. The van der Waals surface area contributed by atoms with Gasteiger partial charge in [0, 0.05) is 50.3 Å². The van der Waals surface area contributed by atoms with E-state index in [0.717, 1.165) is 70.6 Å². The van der Waals surface area contributed by atoms with Crippen LogP contribution in [0.15, 0.2) is 18.2 Å². The minimum atomic E-state index is -0.471. The number of anilines is 1. The number of ether oxygens (including phenoxy) is 2. The third-order valence-corrected chi connectivity index (χ3v) is 10.0. The number of nitrogens with zero attached hydrogens (tertiary/aromatic N) is 2. The number of likely N-dealkylation sites (N-methyl/N-ethyl adjacent to an activating group) is 1. The Morgan fingerprint density at radius 1 is 1.00 bits per heavy atom. The minimum absolute atomic E-state index is 0.00637. The summed E-state index contributed by atoms with van der Waals surface area (Å²) in [5, 5.41) is 16.5. The maximum atomic E-state index is 14.4. The second kappa shape index (κ2) is 17.9. The number of urea groups is 1. The molecule has 0 bridgehead atoms. The number of nitrogens with one attached hydrogen (secondary N) is 2. The lowest BCUT2D eigenvalue weighted by molar-refractivity contribution is -0.120. The van der Waals surface area contributed by atoms with Crippen molar-refractivity contribution in [2.75, 3.05) is 38.7 Å². The summed E-state index contributed by atoms with van der Waals surface area (Å²) in [5.74, 6) is 0.0425. The molecule has 4 atom stereocenters. The predicted octanol–water partition coefficient (Wildman–Crippen LogP) is 5.98. The molecule has 0 aromatic heterocycles. The van der Waals surface area contributed by atoms with E-state index in [0.29, 0.717) is 36.7 Å². The molecule has 46 heavy (non-hydrogen) atoms. The van der Waals surface area contributed by atoms with Gasteiger partial charge in [-0.3, -0.25) is 9.59 Å². The topological polar surface area (TPSA) is 120 Å². The van der Waals surface area contributed by atoms with E-state index in [1.54, 1.807) is 29.0 Å². The molecule has 1 aromatic carbocycles. The standard InChI is InChI=1S/C36H58N4O6/c1-25-22-40(26(2)24-41)35(43)31-21-30(37-34(42)28-14-7-5-8-15-28)18-19-32(31)46-27(3)13-11-12-20-45-33(25)23-39(4)36(44)38-29-16-9-6-10-17-29/h18-19,21,25-29,33,41H,5-17,20,22-24H2,1-4H3,(H,37,42)(H,38,44)/t25-,26-,27+,33+/m0/s1. The van der Waals surface area contributed by atoms with Gasteiger partial charge in [-0.2, -0.15) is 0 Å². The molecule has 0 saturated heterocycles. The van der Waals surface area contributed by atoms with Gasteiger partial charge in [0.2, 0.25) is 5.91 Å². The van der Waals surface area contributed by atoms with E-state index >= 15 is 0 Å². The van der Waals surface area contributed by atoms with Crippen LogP contribution in [-0.2, 0) is 9.53 Å². The molecule has 1 heterocycles. The van der Waals surface area contributed by atoms with E-state index in [1.807, 2.05) is 26.8 Å². The number of benzene rings is 1. The van der Waals surface area contributed by atoms with Gasteiger partial charge >= 0.3 is 6.03 Å². The van der Waals surface area contributed by atoms with Crippen molar-refractivity contribution in [2.24, 2.45) is 11.8 Å². The summed E-state index contributed by atoms with van der Waals surface area (Å²) in [6.45, 7) is 6.90. The van der Waals surface area contributed by atoms with Gasteiger partial charge in [0.15, 0.2) is 0 Å². The van der Waals surface area contributed by atoms with Crippen LogP contribution in [0.3, 0.4) is 0 Å². The van der Waals surface area contributed by atoms with Gasteiger partial charge in [0.1, 0.15) is 5.75 Å². The van der Waals surface area contributed by atoms with Gasteiger partial charge < -0.3 is 35.0 Å². The van der Waals surface area contributed by atoms with Gasteiger partial charge in [-0.05, 0) is 77.0 Å². The average molecular weight is 643 g/mol. The summed E-state index contributed by atoms with van der Waals surface area (Å²) >= 11 is 0. The summed E-state index contributed by atoms with van der Waals surface area (Å²) in [7, 11) is 1.80. The summed E-state index contributed by atoms with van der Waals surface area (Å²) in [5.41, 5.74) is 0.927. The Balaban J connectivity index is 1.56. The van der Waals surface area contributed by atoms with Gasteiger partial charge in [-0.25, -0.2) is 4.79 Å². The van der Waals surface area contributed by atoms with Crippen molar-refractivity contribution in [1.29, 1.82) is 0 Å². The highest BCUT2D eigenvalue weighted by molar-refractivity contribution is 6.00. The van der Waals surface area contributed by atoms with E-state index in [9.17, 15) is 19.5 Å². The summed E-state index contributed by atoms with van der Waals surface area (Å²) < 4.78 is 12.7. The first-order valence-corrected chi connectivity index (χ1v) is 17.8. The van der Waals surface area contributed by atoms with Crippen LogP contribution in [0.25, 0.3) is 0 Å². The minimum Gasteiger partial charge on any atom is -0.490 e. The van der Waals surface area contributed by atoms with E-state index < -0.39 is 6.04 Å². The number of amides is 4. The summed E-state index contributed by atoms with van der Waals surface area (Å²) in [4.78, 5) is 43.9. The molecular formula is C36H58N4O6. The second-order valence-electron chi connectivity index (χ2n) is 14.0. The maximum absolute atomic E-state index is 14.4. The molecule has 0 spiro atoms. The number of carbonyl (C=O) groups excluding carboxylic acids is 3. The van der Waals surface area contributed by atoms with Gasteiger partial charge in [0.05, 0.1) is 30.4 Å². The molecule has 4 amide bonds. The van der Waals surface area contributed by atoms with Crippen LogP contribution in [0.4, 0.5) is 10.5 Å². The van der Waals surface area contributed by atoms with Crippen molar-refractivity contribution in [1.82, 2.24) is 15.1 Å². The van der Waals surface area contributed by atoms with Gasteiger partial charge in [-0.1, -0.05) is 45.4 Å². The van der Waals surface area contributed by atoms with Gasteiger partial charge in [-0.15, -0.1) is 0 Å². The molecule has 0 unspecified atom stereocenters. The predicted molar refractivity (Wildman–Crippen MR) is 180 cm³/mol. The van der Waals surface area contributed by atoms with Crippen molar-refractivity contribution < 1.29 is 29.0 Å². The Kier molecular flexibility index (Phi) is 14.0. The molecule has 1 aromatic rings. The van der Waals surface area contributed by atoms with Crippen LogP contribution in [0.2, 0.25) is 0 Å². The van der Waals surface area contributed by atoms with Crippen molar-refractivity contribution in [3.63, 3.8) is 0 Å². The van der Waals surface area contributed by atoms with Crippen LogP contribution >= 0.6 is 0 Å². The Morgan fingerprint density at radius 3 is 2.37 bits per heavy atom. The van der Waals surface area contributed by atoms with Crippen molar-refractivity contribution in [3.8, 4) is 5.75 Å². The number of rotatable bonds is 7. The Labute approximate surface area is 275 Å². The van der Waals surface area contributed by atoms with E-state index in [2.05, 4.69) is 10.6 Å². The third-order valence-electron chi connectivity index (χ3n) is 10.0. The molecule has 1 aliphatic heterocycles. The zero-order chi connectivity index (χ0) is 33.1. The first-order valence-electron chi connectivity index (χ1n) is 17.8. The molecule has 4 rings (SSSR count). The van der Waals surface area contributed by atoms with E-state index in [1.165, 1.54) is 12.8 Å². The first kappa shape index (κ1) is 36.0. The van der Waals surface area contributed by atoms with E-state index in [-0.39, 0.29) is 54.5 Å². The monoisotopic (exact) mass is 642 g/mol. The lowest BCUT2D eigenvalue weighted by Gasteiger charge is -2.36. The summed E-state index contributed by atoms with van der Waals surface area (Å²) in [6.07, 6.45) is 12.7. The van der Waals surface area contributed by atoms with Gasteiger partial charge in [0.25, 0.3) is 5.91 Å². The molecule has 10 heteroatoms.